The minimum atomic E-state index is -0.999. The number of carboxylic acids is 1. The lowest BCUT2D eigenvalue weighted by atomic mass is 9.74. The number of hydrogen-bond acceptors (Lipinski definition) is 3. The maximum atomic E-state index is 13.1. The second-order valence-electron chi connectivity index (χ2n) is 9.66. The van der Waals surface area contributed by atoms with E-state index < -0.39 is 12.0 Å². The molecular weight excluding hydrogens is 392 g/mol. The molecule has 1 aromatic carbocycles. The van der Waals surface area contributed by atoms with Gasteiger partial charge >= 0.3 is 5.97 Å². The van der Waals surface area contributed by atoms with Crippen molar-refractivity contribution in [3.63, 3.8) is 0 Å². The van der Waals surface area contributed by atoms with E-state index in [-0.39, 0.29) is 17.7 Å². The topological polar surface area (TPSA) is 102 Å². The molecule has 1 atom stereocenters. The van der Waals surface area contributed by atoms with E-state index in [0.717, 1.165) is 64.1 Å². The van der Waals surface area contributed by atoms with Crippen LogP contribution in [0.1, 0.15) is 61.6 Å². The highest BCUT2D eigenvalue weighted by Crippen LogP contribution is 2.48. The van der Waals surface area contributed by atoms with Crippen LogP contribution >= 0.6 is 0 Å². The van der Waals surface area contributed by atoms with Gasteiger partial charge in [-0.15, -0.1) is 0 Å². The van der Waals surface area contributed by atoms with E-state index in [2.05, 4.69) is 42.9 Å². The van der Waals surface area contributed by atoms with E-state index in [4.69, 9.17) is 0 Å². The molecule has 0 spiro atoms. The Morgan fingerprint density at radius 2 is 1.97 bits per heavy atom. The fraction of sp³-hybridized carbons (Fsp3) is 0.458. The van der Waals surface area contributed by atoms with Gasteiger partial charge in [0.25, 0.3) is 0 Å². The monoisotopic (exact) mass is 420 g/mol. The van der Waals surface area contributed by atoms with Gasteiger partial charge in [-0.3, -0.25) is 14.8 Å². The highest BCUT2D eigenvalue weighted by atomic mass is 16.4. The van der Waals surface area contributed by atoms with Crippen molar-refractivity contribution >= 4 is 28.5 Å². The van der Waals surface area contributed by atoms with Gasteiger partial charge in [0.2, 0.25) is 5.91 Å². The van der Waals surface area contributed by atoms with Crippen molar-refractivity contribution in [2.45, 2.75) is 71.8 Å². The van der Waals surface area contributed by atoms with Crippen LogP contribution in [-0.4, -0.2) is 38.2 Å². The van der Waals surface area contributed by atoms with Crippen molar-refractivity contribution in [2.75, 3.05) is 4.90 Å². The molecule has 2 aromatic heterocycles. The quantitative estimate of drug-likeness (QED) is 0.579. The number of aliphatic carboxylic acids is 1. The van der Waals surface area contributed by atoms with Crippen molar-refractivity contribution in [3.8, 4) is 11.4 Å². The molecule has 1 aliphatic heterocycles. The number of aromatic nitrogens is 3. The van der Waals surface area contributed by atoms with Gasteiger partial charge in [0.15, 0.2) is 0 Å². The average molecular weight is 421 g/mol. The van der Waals surface area contributed by atoms with E-state index in [1.54, 1.807) is 6.92 Å². The van der Waals surface area contributed by atoms with E-state index in [9.17, 15) is 14.7 Å². The van der Waals surface area contributed by atoms with Crippen LogP contribution in [0.3, 0.4) is 0 Å². The Hall–Kier alpha value is -3.09. The number of hydrogen-bond donors (Lipinski definition) is 3. The number of carbonyl (C=O) groups is 2. The minimum absolute atomic E-state index is 0.141. The molecule has 0 radical (unpaired) electrons. The second kappa shape index (κ2) is 6.45. The highest BCUT2D eigenvalue weighted by molar-refractivity contribution is 6.06. The molecule has 162 valence electrons. The summed E-state index contributed by atoms with van der Waals surface area (Å²) in [6.45, 7) is 9.85. The molecule has 3 aromatic rings. The predicted molar refractivity (Wildman–Crippen MR) is 120 cm³/mol. The van der Waals surface area contributed by atoms with Crippen molar-refractivity contribution in [2.24, 2.45) is 0 Å². The molecule has 31 heavy (non-hydrogen) atoms. The van der Waals surface area contributed by atoms with Crippen LogP contribution in [0, 0.1) is 13.8 Å². The molecule has 7 nitrogen and oxygen atoms in total. The van der Waals surface area contributed by atoms with Crippen LogP contribution < -0.4 is 4.90 Å². The standard InChI is InChI=1S/C24H28N4O3/c1-11-19-17(28(13(3)23(30)31)18(29)10-24(19,4)5)9-16-15-8-6-7-14-12(2)26-27-22(14)21(15)25-20(11)16/h9,13,25H,6-8,10H2,1-5H3,(H,26,27)(H,30,31). The zero-order valence-electron chi connectivity index (χ0n) is 18.6. The summed E-state index contributed by atoms with van der Waals surface area (Å²) >= 11 is 0. The Bertz CT molecular complexity index is 1260. The maximum Gasteiger partial charge on any atom is 0.326 e. The molecule has 3 N–H and O–H groups in total. The van der Waals surface area contributed by atoms with Gasteiger partial charge in [0.1, 0.15) is 11.7 Å². The van der Waals surface area contributed by atoms with Gasteiger partial charge in [-0.25, -0.2) is 4.79 Å². The van der Waals surface area contributed by atoms with Gasteiger partial charge in [0, 0.05) is 39.7 Å². The van der Waals surface area contributed by atoms with Crippen LogP contribution in [0.15, 0.2) is 6.07 Å². The van der Waals surface area contributed by atoms with Gasteiger partial charge in [-0.05, 0) is 62.8 Å². The number of nitrogens with one attached hydrogen (secondary N) is 2. The molecule has 0 fully saturated rings. The molecule has 2 aliphatic rings. The zero-order chi connectivity index (χ0) is 22.2. The molecule has 1 amide bonds. The van der Waals surface area contributed by atoms with E-state index >= 15 is 0 Å². The lowest BCUT2D eigenvalue weighted by Gasteiger charge is -2.41. The number of carbonyl (C=O) groups excluding carboxylic acids is 1. The Labute approximate surface area is 180 Å². The van der Waals surface area contributed by atoms with Gasteiger partial charge in [-0.1, -0.05) is 13.8 Å². The van der Waals surface area contributed by atoms with Crippen LogP contribution in [0.4, 0.5) is 5.69 Å². The molecule has 0 saturated carbocycles. The first-order valence-electron chi connectivity index (χ1n) is 10.9. The number of H-pyrrole nitrogens is 2. The summed E-state index contributed by atoms with van der Waals surface area (Å²) < 4.78 is 0. The number of carboxylic acid groups (broad SMARTS) is 1. The van der Waals surface area contributed by atoms with Crippen molar-refractivity contribution < 1.29 is 14.7 Å². The summed E-state index contributed by atoms with van der Waals surface area (Å²) in [4.78, 5) is 30.0. The normalized spacial score (nSPS) is 18.4. The molecule has 7 heteroatoms. The first-order chi connectivity index (χ1) is 14.6. The highest BCUT2D eigenvalue weighted by Gasteiger charge is 2.42. The van der Waals surface area contributed by atoms with E-state index in [1.165, 1.54) is 16.0 Å². The molecule has 1 aliphatic carbocycles. The smallest absolute Gasteiger partial charge is 0.326 e. The van der Waals surface area contributed by atoms with Crippen molar-refractivity contribution in [1.29, 1.82) is 0 Å². The summed E-state index contributed by atoms with van der Waals surface area (Å²) in [6.07, 6.45) is 3.19. The van der Waals surface area contributed by atoms with Gasteiger partial charge < -0.3 is 10.1 Å². The van der Waals surface area contributed by atoms with E-state index in [0.29, 0.717) is 0 Å². The largest absolute Gasteiger partial charge is 0.480 e. The number of nitrogens with zero attached hydrogens (tertiary/aromatic N) is 2. The van der Waals surface area contributed by atoms with Crippen LogP contribution in [-0.2, 0) is 27.8 Å². The van der Waals surface area contributed by atoms with E-state index in [1.807, 2.05) is 6.07 Å². The van der Waals surface area contributed by atoms with Gasteiger partial charge in [-0.2, -0.15) is 5.10 Å². The number of anilines is 1. The lowest BCUT2D eigenvalue weighted by molar-refractivity contribution is -0.140. The first kappa shape index (κ1) is 19.8. The summed E-state index contributed by atoms with van der Waals surface area (Å²) in [5.41, 5.74) is 9.10. The van der Waals surface area contributed by atoms with Crippen LogP contribution in [0.5, 0.6) is 0 Å². The third-order valence-electron chi connectivity index (χ3n) is 7.14. The SMILES string of the molecule is Cc1[nH]nc2c1CCCc1c-2[nH]c2c(C)c3c(cc12)N(C(C)C(=O)O)C(=O)CC3(C)C. The van der Waals surface area contributed by atoms with Gasteiger partial charge in [0.05, 0.1) is 5.69 Å². The number of rotatable bonds is 2. The Morgan fingerprint density at radius 1 is 1.26 bits per heavy atom. The maximum absolute atomic E-state index is 13.1. The predicted octanol–water partition coefficient (Wildman–Crippen LogP) is 4.15. The van der Waals surface area contributed by atoms with Crippen molar-refractivity contribution in [1.82, 2.24) is 15.2 Å². The average Bonchev–Trinajstić information content (AvgIpc) is 3.16. The fourth-order valence-corrected chi connectivity index (χ4v) is 5.67. The minimum Gasteiger partial charge on any atom is -0.480 e. The Balaban J connectivity index is 1.84. The lowest BCUT2D eigenvalue weighted by Crippen LogP contribution is -2.49. The zero-order valence-corrected chi connectivity index (χ0v) is 18.6. The number of fused-ring (bicyclic) bond motifs is 6. The summed E-state index contributed by atoms with van der Waals surface area (Å²) in [5.74, 6) is -1.14. The molecule has 0 bridgehead atoms. The number of aryl methyl sites for hydroxylation is 3. The fourth-order valence-electron chi connectivity index (χ4n) is 5.67. The first-order valence-corrected chi connectivity index (χ1v) is 10.9. The summed E-state index contributed by atoms with van der Waals surface area (Å²) in [6, 6.07) is 1.12. The molecule has 0 saturated heterocycles. The Kier molecular flexibility index (Phi) is 4.13. The molecular formula is C24H28N4O3. The summed E-state index contributed by atoms with van der Waals surface area (Å²) in [7, 11) is 0. The number of aromatic amines is 2. The molecule has 3 heterocycles. The Morgan fingerprint density at radius 3 is 2.68 bits per heavy atom. The summed E-state index contributed by atoms with van der Waals surface area (Å²) in [5, 5.41) is 18.5. The van der Waals surface area contributed by atoms with Crippen LogP contribution in [0.2, 0.25) is 0 Å². The third kappa shape index (κ3) is 2.68. The number of benzene rings is 1. The molecule has 5 rings (SSSR count). The van der Waals surface area contributed by atoms with Crippen molar-refractivity contribution in [3.05, 3.63) is 34.0 Å². The third-order valence-corrected chi connectivity index (χ3v) is 7.14. The number of amides is 1. The van der Waals surface area contributed by atoms with Crippen LogP contribution in [0.25, 0.3) is 22.3 Å². The molecule has 1 unspecified atom stereocenters. The second-order valence-corrected chi connectivity index (χ2v) is 9.66.